The van der Waals surface area contributed by atoms with Crippen molar-refractivity contribution in [3.63, 3.8) is 0 Å². The van der Waals surface area contributed by atoms with E-state index in [4.69, 9.17) is 4.98 Å². The fraction of sp³-hybridized carbons (Fsp3) is 0.733. The molecule has 0 unspecified atom stereocenters. The van der Waals surface area contributed by atoms with Gasteiger partial charge in [0.15, 0.2) is 0 Å². The molecule has 1 heterocycles. The molecule has 4 nitrogen and oxygen atoms in total. The molecule has 19 heavy (non-hydrogen) atoms. The summed E-state index contributed by atoms with van der Waals surface area (Å²) in [4.78, 5) is 12.0. The monoisotopic (exact) mass is 260 g/mol. The molecule has 0 bridgehead atoms. The highest BCUT2D eigenvalue weighted by Gasteiger charge is 2.30. The van der Waals surface area contributed by atoms with Gasteiger partial charge < -0.3 is 10.2 Å². The smallest absolute Gasteiger partial charge is 0.137 e. The third kappa shape index (κ3) is 2.67. The fourth-order valence-electron chi connectivity index (χ4n) is 2.57. The molecular formula is C15H24N4. The lowest BCUT2D eigenvalue weighted by atomic mass is 10.2. The van der Waals surface area contributed by atoms with Crippen LogP contribution >= 0.6 is 0 Å². The van der Waals surface area contributed by atoms with Gasteiger partial charge in [0.25, 0.3) is 0 Å². The quantitative estimate of drug-likeness (QED) is 0.854. The molecule has 0 saturated heterocycles. The summed E-state index contributed by atoms with van der Waals surface area (Å²) in [7, 11) is 1.95. The van der Waals surface area contributed by atoms with Gasteiger partial charge >= 0.3 is 0 Å². The number of rotatable bonds is 6. The van der Waals surface area contributed by atoms with E-state index < -0.39 is 0 Å². The van der Waals surface area contributed by atoms with Crippen molar-refractivity contribution in [1.29, 1.82) is 0 Å². The number of aromatic nitrogens is 2. The van der Waals surface area contributed by atoms with Gasteiger partial charge in [-0.3, -0.25) is 0 Å². The fourth-order valence-corrected chi connectivity index (χ4v) is 2.57. The molecule has 2 fully saturated rings. The van der Waals surface area contributed by atoms with Crippen LogP contribution in [0, 0.1) is 12.8 Å². The van der Waals surface area contributed by atoms with E-state index in [-0.39, 0.29) is 0 Å². The molecule has 104 valence electrons. The second-order valence-electron chi connectivity index (χ2n) is 5.89. The first-order valence-electron chi connectivity index (χ1n) is 7.54. The van der Waals surface area contributed by atoms with E-state index in [1.807, 2.05) is 7.05 Å². The number of anilines is 2. The van der Waals surface area contributed by atoms with Crippen LogP contribution in [0.15, 0.2) is 0 Å². The zero-order valence-corrected chi connectivity index (χ0v) is 12.2. The van der Waals surface area contributed by atoms with Crippen LogP contribution in [-0.2, 0) is 0 Å². The Morgan fingerprint density at radius 1 is 1.21 bits per heavy atom. The van der Waals surface area contributed by atoms with Crippen LogP contribution in [0.3, 0.4) is 0 Å². The average molecular weight is 260 g/mol. The third-order valence-corrected chi connectivity index (χ3v) is 4.17. The predicted molar refractivity (Wildman–Crippen MR) is 78.9 cm³/mol. The molecule has 2 aliphatic carbocycles. The Bertz CT molecular complexity index is 463. The summed E-state index contributed by atoms with van der Waals surface area (Å²) in [5, 5.41) is 3.23. The predicted octanol–water partition coefficient (Wildman–Crippen LogP) is 2.94. The van der Waals surface area contributed by atoms with Gasteiger partial charge in [-0.1, -0.05) is 0 Å². The van der Waals surface area contributed by atoms with Gasteiger partial charge in [-0.15, -0.1) is 0 Å². The van der Waals surface area contributed by atoms with Crippen molar-refractivity contribution in [3.05, 3.63) is 11.4 Å². The third-order valence-electron chi connectivity index (χ3n) is 4.17. The molecule has 1 aromatic heterocycles. The molecule has 0 aromatic carbocycles. The first-order valence-corrected chi connectivity index (χ1v) is 7.54. The normalized spacial score (nSPS) is 18.5. The SMILES string of the molecule is CCN(CC1CC1)c1nc(C2CC2)nc(NC)c1C. The standard InChI is InChI=1S/C15H24N4/c1-4-19(9-11-5-6-11)15-10(2)13(16-3)17-14(18-15)12-7-8-12/h11-12H,4-9H2,1-3H3,(H,16,17,18). The molecule has 2 aliphatic rings. The summed E-state index contributed by atoms with van der Waals surface area (Å²) in [5.41, 5.74) is 1.19. The van der Waals surface area contributed by atoms with E-state index in [9.17, 15) is 0 Å². The van der Waals surface area contributed by atoms with Crippen LogP contribution in [0.5, 0.6) is 0 Å². The molecule has 4 heteroatoms. The molecule has 1 aromatic rings. The summed E-state index contributed by atoms with van der Waals surface area (Å²) in [6.07, 6.45) is 5.27. The number of nitrogens with zero attached hydrogens (tertiary/aromatic N) is 3. The minimum atomic E-state index is 0.603. The molecule has 0 aliphatic heterocycles. The molecule has 1 N–H and O–H groups in total. The van der Waals surface area contributed by atoms with E-state index in [0.29, 0.717) is 5.92 Å². The molecular weight excluding hydrogens is 236 g/mol. The lowest BCUT2D eigenvalue weighted by molar-refractivity contribution is 0.722. The lowest BCUT2D eigenvalue weighted by Gasteiger charge is -2.25. The van der Waals surface area contributed by atoms with Gasteiger partial charge in [0.2, 0.25) is 0 Å². The minimum Gasteiger partial charge on any atom is -0.373 e. The van der Waals surface area contributed by atoms with Crippen molar-refractivity contribution in [3.8, 4) is 0 Å². The van der Waals surface area contributed by atoms with Crippen LogP contribution in [0.25, 0.3) is 0 Å². The highest BCUT2D eigenvalue weighted by atomic mass is 15.2. The number of hydrogen-bond donors (Lipinski definition) is 1. The van der Waals surface area contributed by atoms with E-state index in [2.05, 4.69) is 29.0 Å². The highest BCUT2D eigenvalue weighted by Crippen LogP contribution is 2.40. The zero-order chi connectivity index (χ0) is 13.4. The maximum Gasteiger partial charge on any atom is 0.137 e. The Morgan fingerprint density at radius 3 is 2.47 bits per heavy atom. The van der Waals surface area contributed by atoms with E-state index >= 15 is 0 Å². The Hall–Kier alpha value is -1.32. The first kappa shape index (κ1) is 12.7. The first-order chi connectivity index (χ1) is 9.22. The summed E-state index contributed by atoms with van der Waals surface area (Å²) in [6.45, 7) is 6.54. The average Bonchev–Trinajstić information content (AvgIpc) is 3.28. The van der Waals surface area contributed by atoms with Crippen molar-refractivity contribution in [2.24, 2.45) is 5.92 Å². The lowest BCUT2D eigenvalue weighted by Crippen LogP contribution is -2.28. The van der Waals surface area contributed by atoms with Crippen LogP contribution in [0.1, 0.15) is 49.9 Å². The molecule has 0 amide bonds. The summed E-state index contributed by atoms with van der Waals surface area (Å²) >= 11 is 0. The molecule has 2 saturated carbocycles. The summed E-state index contributed by atoms with van der Waals surface area (Å²) < 4.78 is 0. The zero-order valence-electron chi connectivity index (χ0n) is 12.2. The summed E-state index contributed by atoms with van der Waals surface area (Å²) in [5.74, 6) is 4.68. The Morgan fingerprint density at radius 2 is 1.95 bits per heavy atom. The maximum absolute atomic E-state index is 4.87. The van der Waals surface area contributed by atoms with E-state index in [1.165, 1.54) is 31.2 Å². The molecule has 0 atom stereocenters. The number of hydrogen-bond acceptors (Lipinski definition) is 4. The van der Waals surface area contributed by atoms with Crippen molar-refractivity contribution in [1.82, 2.24) is 9.97 Å². The number of nitrogens with one attached hydrogen (secondary N) is 1. The van der Waals surface area contributed by atoms with Crippen molar-refractivity contribution >= 4 is 11.6 Å². The van der Waals surface area contributed by atoms with Gasteiger partial charge in [-0.2, -0.15) is 0 Å². The highest BCUT2D eigenvalue weighted by molar-refractivity contribution is 5.58. The van der Waals surface area contributed by atoms with E-state index in [0.717, 1.165) is 36.5 Å². The van der Waals surface area contributed by atoms with Crippen molar-refractivity contribution < 1.29 is 0 Å². The Kier molecular flexibility index (Phi) is 3.33. The van der Waals surface area contributed by atoms with Gasteiger partial charge in [-0.25, -0.2) is 9.97 Å². The minimum absolute atomic E-state index is 0.603. The van der Waals surface area contributed by atoms with E-state index in [1.54, 1.807) is 0 Å². The van der Waals surface area contributed by atoms with Crippen LogP contribution < -0.4 is 10.2 Å². The topological polar surface area (TPSA) is 41.1 Å². The van der Waals surface area contributed by atoms with Gasteiger partial charge in [0, 0.05) is 31.6 Å². The van der Waals surface area contributed by atoms with Crippen LogP contribution in [0.2, 0.25) is 0 Å². The van der Waals surface area contributed by atoms with Crippen molar-refractivity contribution in [2.75, 3.05) is 30.4 Å². The molecule has 0 radical (unpaired) electrons. The maximum atomic E-state index is 4.87. The van der Waals surface area contributed by atoms with Crippen molar-refractivity contribution in [2.45, 2.75) is 45.4 Å². The second-order valence-corrected chi connectivity index (χ2v) is 5.89. The Labute approximate surface area is 115 Å². The van der Waals surface area contributed by atoms with Crippen LogP contribution in [-0.4, -0.2) is 30.1 Å². The van der Waals surface area contributed by atoms with Crippen LogP contribution in [0.4, 0.5) is 11.6 Å². The molecule has 0 spiro atoms. The largest absolute Gasteiger partial charge is 0.373 e. The molecule has 3 rings (SSSR count). The van der Waals surface area contributed by atoms with Gasteiger partial charge in [0.1, 0.15) is 17.5 Å². The van der Waals surface area contributed by atoms with Gasteiger partial charge in [0.05, 0.1) is 0 Å². The summed E-state index contributed by atoms with van der Waals surface area (Å²) in [6, 6.07) is 0. The van der Waals surface area contributed by atoms with Gasteiger partial charge in [-0.05, 0) is 45.4 Å². The Balaban J connectivity index is 1.93. The second kappa shape index (κ2) is 4.99.